The van der Waals surface area contributed by atoms with Gasteiger partial charge in [0.2, 0.25) is 5.91 Å². The lowest BCUT2D eigenvalue weighted by molar-refractivity contribution is -0.119. The normalized spacial score (nSPS) is 16.2. The molecule has 0 bridgehead atoms. The first-order chi connectivity index (χ1) is 14.3. The minimum Gasteiger partial charge on any atom is -0.333 e. The minimum absolute atomic E-state index is 0.221. The molecule has 3 amide bonds. The monoisotopic (exact) mass is 406 g/mol. The average molecular weight is 406 g/mol. The molecule has 2 N–H and O–H groups in total. The van der Waals surface area contributed by atoms with E-state index < -0.39 is 6.04 Å². The zero-order valence-corrected chi connectivity index (χ0v) is 17.4. The molecular formula is C22H26N6O2. The molecule has 30 heavy (non-hydrogen) atoms. The van der Waals surface area contributed by atoms with Crippen LogP contribution in [-0.4, -0.2) is 23.5 Å². The maximum atomic E-state index is 13.1. The van der Waals surface area contributed by atoms with Gasteiger partial charge in [-0.05, 0) is 68.5 Å². The molecule has 0 saturated carbocycles. The SMILES string of the molecule is CC(C)(C)NC(=O)Nc1cccc(CN2C(=O)C(N=[N+]=[N-])CCc3ccccc32)c1. The zero-order valence-electron chi connectivity index (χ0n) is 17.4. The van der Waals surface area contributed by atoms with Crippen LogP contribution in [0.15, 0.2) is 53.6 Å². The van der Waals surface area contributed by atoms with Gasteiger partial charge in [-0.1, -0.05) is 35.4 Å². The maximum absolute atomic E-state index is 13.1. The number of rotatable bonds is 4. The number of para-hydroxylation sites is 1. The van der Waals surface area contributed by atoms with Crippen molar-refractivity contribution < 1.29 is 9.59 Å². The van der Waals surface area contributed by atoms with E-state index in [1.165, 1.54) is 0 Å². The van der Waals surface area contributed by atoms with E-state index in [1.54, 1.807) is 11.0 Å². The van der Waals surface area contributed by atoms with Gasteiger partial charge in [0.15, 0.2) is 0 Å². The van der Waals surface area contributed by atoms with E-state index in [4.69, 9.17) is 5.53 Å². The Kier molecular flexibility index (Phi) is 6.28. The van der Waals surface area contributed by atoms with Crippen molar-refractivity contribution in [2.75, 3.05) is 10.2 Å². The van der Waals surface area contributed by atoms with Gasteiger partial charge in [-0.25, -0.2) is 4.79 Å². The molecule has 1 atom stereocenters. The quantitative estimate of drug-likeness (QED) is 0.433. The van der Waals surface area contributed by atoms with Crippen LogP contribution in [0.2, 0.25) is 0 Å². The Bertz CT molecular complexity index is 991. The van der Waals surface area contributed by atoms with Gasteiger partial charge in [0, 0.05) is 21.8 Å². The number of amides is 3. The van der Waals surface area contributed by atoms with Crippen molar-refractivity contribution in [1.29, 1.82) is 0 Å². The molecule has 0 aromatic heterocycles. The van der Waals surface area contributed by atoms with Crippen molar-refractivity contribution in [3.8, 4) is 0 Å². The number of carbonyl (C=O) groups is 2. The summed E-state index contributed by atoms with van der Waals surface area (Å²) in [7, 11) is 0. The van der Waals surface area contributed by atoms with Crippen LogP contribution < -0.4 is 15.5 Å². The molecule has 1 unspecified atom stereocenters. The minimum atomic E-state index is -0.735. The smallest absolute Gasteiger partial charge is 0.319 e. The highest BCUT2D eigenvalue weighted by molar-refractivity contribution is 5.98. The fourth-order valence-electron chi connectivity index (χ4n) is 3.47. The predicted molar refractivity (Wildman–Crippen MR) is 117 cm³/mol. The van der Waals surface area contributed by atoms with E-state index in [0.29, 0.717) is 25.1 Å². The average Bonchev–Trinajstić information content (AvgIpc) is 2.79. The second-order valence-corrected chi connectivity index (χ2v) is 8.34. The largest absolute Gasteiger partial charge is 0.333 e. The van der Waals surface area contributed by atoms with E-state index in [-0.39, 0.29) is 17.5 Å². The molecule has 1 aliphatic heterocycles. The highest BCUT2D eigenvalue weighted by atomic mass is 16.2. The summed E-state index contributed by atoms with van der Waals surface area (Å²) in [6.45, 7) is 6.03. The van der Waals surface area contributed by atoms with Gasteiger partial charge < -0.3 is 15.5 Å². The molecule has 8 nitrogen and oxygen atoms in total. The van der Waals surface area contributed by atoms with Crippen molar-refractivity contribution >= 4 is 23.3 Å². The second kappa shape index (κ2) is 8.88. The summed E-state index contributed by atoms with van der Waals surface area (Å²) in [5, 5.41) is 9.40. The lowest BCUT2D eigenvalue weighted by Crippen LogP contribution is -2.43. The first kappa shape index (κ1) is 21.2. The van der Waals surface area contributed by atoms with E-state index in [2.05, 4.69) is 20.7 Å². The second-order valence-electron chi connectivity index (χ2n) is 8.34. The summed E-state index contributed by atoms with van der Waals surface area (Å²) in [6, 6.07) is 14.1. The van der Waals surface area contributed by atoms with Crippen LogP contribution in [0.3, 0.4) is 0 Å². The molecule has 0 radical (unpaired) electrons. The van der Waals surface area contributed by atoms with E-state index in [0.717, 1.165) is 16.8 Å². The maximum Gasteiger partial charge on any atom is 0.319 e. The number of anilines is 2. The van der Waals surface area contributed by atoms with Gasteiger partial charge in [-0.3, -0.25) is 4.79 Å². The summed E-state index contributed by atoms with van der Waals surface area (Å²) in [5.41, 5.74) is 11.9. The van der Waals surface area contributed by atoms with Gasteiger partial charge in [0.25, 0.3) is 0 Å². The van der Waals surface area contributed by atoms with Crippen LogP contribution in [-0.2, 0) is 17.8 Å². The zero-order chi connectivity index (χ0) is 21.7. The molecule has 2 aromatic carbocycles. The Morgan fingerprint density at radius 2 is 2.00 bits per heavy atom. The number of fused-ring (bicyclic) bond motifs is 1. The van der Waals surface area contributed by atoms with Gasteiger partial charge in [0.05, 0.1) is 6.54 Å². The third-order valence-electron chi connectivity index (χ3n) is 4.73. The molecule has 0 aliphatic carbocycles. The predicted octanol–water partition coefficient (Wildman–Crippen LogP) is 4.76. The van der Waals surface area contributed by atoms with Crippen LogP contribution in [0.5, 0.6) is 0 Å². The molecule has 0 spiro atoms. The lowest BCUT2D eigenvalue weighted by atomic mass is 10.1. The number of nitrogens with one attached hydrogen (secondary N) is 2. The van der Waals surface area contributed by atoms with Crippen molar-refractivity contribution in [3.63, 3.8) is 0 Å². The van der Waals surface area contributed by atoms with Crippen molar-refractivity contribution in [3.05, 3.63) is 70.1 Å². The van der Waals surface area contributed by atoms with Gasteiger partial charge in [-0.15, -0.1) is 0 Å². The molecule has 8 heteroatoms. The molecule has 1 heterocycles. The molecule has 2 aromatic rings. The Morgan fingerprint density at radius 1 is 1.23 bits per heavy atom. The van der Waals surface area contributed by atoms with E-state index in [9.17, 15) is 9.59 Å². The van der Waals surface area contributed by atoms with Crippen LogP contribution in [0.25, 0.3) is 10.4 Å². The topological polar surface area (TPSA) is 110 Å². The number of aryl methyl sites for hydroxylation is 1. The van der Waals surface area contributed by atoms with Crippen molar-refractivity contribution in [1.82, 2.24) is 5.32 Å². The first-order valence-corrected chi connectivity index (χ1v) is 9.88. The fraction of sp³-hybridized carbons (Fsp3) is 0.364. The number of nitrogens with zero attached hydrogens (tertiary/aromatic N) is 4. The molecule has 156 valence electrons. The number of urea groups is 1. The summed E-state index contributed by atoms with van der Waals surface area (Å²) in [6.07, 6.45) is 1.14. The molecule has 3 rings (SSSR count). The third kappa shape index (κ3) is 5.30. The van der Waals surface area contributed by atoms with Gasteiger partial charge in [0.1, 0.15) is 6.04 Å². The molecule has 0 saturated heterocycles. The summed E-state index contributed by atoms with van der Waals surface area (Å²) in [4.78, 5) is 29.8. The highest BCUT2D eigenvalue weighted by Crippen LogP contribution is 2.30. The molecular weight excluding hydrogens is 380 g/mol. The van der Waals surface area contributed by atoms with Crippen molar-refractivity contribution in [2.45, 2.75) is 51.7 Å². The molecule has 1 aliphatic rings. The summed E-state index contributed by atoms with van der Waals surface area (Å²) >= 11 is 0. The number of azide groups is 1. The van der Waals surface area contributed by atoms with E-state index >= 15 is 0 Å². The van der Waals surface area contributed by atoms with Crippen LogP contribution in [0.1, 0.15) is 38.3 Å². The van der Waals surface area contributed by atoms with Crippen LogP contribution in [0.4, 0.5) is 16.2 Å². The Labute approximate surface area is 175 Å². The number of hydrogen-bond donors (Lipinski definition) is 2. The fourth-order valence-corrected chi connectivity index (χ4v) is 3.47. The Hall–Kier alpha value is -3.51. The van der Waals surface area contributed by atoms with E-state index in [1.807, 2.05) is 63.2 Å². The standard InChI is InChI=1S/C22H26N6O2/c1-22(2,3)25-21(30)24-17-9-6-7-15(13-17)14-28-19-10-5-4-8-16(19)11-12-18(20(28)29)26-27-23/h4-10,13,18H,11-12,14H2,1-3H3,(H2,24,25,30). The highest BCUT2D eigenvalue weighted by Gasteiger charge is 2.29. The number of carbonyl (C=O) groups excluding carboxylic acids is 2. The van der Waals surface area contributed by atoms with Gasteiger partial charge in [-0.2, -0.15) is 0 Å². The number of benzene rings is 2. The van der Waals surface area contributed by atoms with Crippen LogP contribution in [0, 0.1) is 0 Å². The number of hydrogen-bond acceptors (Lipinski definition) is 3. The Morgan fingerprint density at radius 3 is 2.73 bits per heavy atom. The van der Waals surface area contributed by atoms with Crippen LogP contribution >= 0.6 is 0 Å². The first-order valence-electron chi connectivity index (χ1n) is 9.88. The lowest BCUT2D eigenvalue weighted by Gasteiger charge is -2.25. The summed E-state index contributed by atoms with van der Waals surface area (Å²) < 4.78 is 0. The Balaban J connectivity index is 1.85. The molecule has 0 fully saturated rings. The van der Waals surface area contributed by atoms with Gasteiger partial charge >= 0.3 is 6.03 Å². The third-order valence-corrected chi connectivity index (χ3v) is 4.73. The summed E-state index contributed by atoms with van der Waals surface area (Å²) in [5.74, 6) is -0.221. The van der Waals surface area contributed by atoms with Crippen molar-refractivity contribution in [2.24, 2.45) is 5.11 Å².